The monoisotopic (exact) mass is 399 g/mol. The van der Waals surface area contributed by atoms with E-state index in [1.54, 1.807) is 6.20 Å². The van der Waals surface area contributed by atoms with Crippen molar-refractivity contribution >= 4 is 32.7 Å². The molecule has 3 heterocycles. The van der Waals surface area contributed by atoms with Gasteiger partial charge in [-0.2, -0.15) is 0 Å². The van der Waals surface area contributed by atoms with E-state index in [0.717, 1.165) is 39.8 Å². The summed E-state index contributed by atoms with van der Waals surface area (Å²) < 4.78 is 12.2. The normalized spacial score (nSPS) is 16.9. The molecule has 5 nitrogen and oxygen atoms in total. The van der Waals surface area contributed by atoms with E-state index in [2.05, 4.69) is 43.3 Å². The van der Waals surface area contributed by atoms with E-state index in [4.69, 9.17) is 9.47 Å². The Morgan fingerprint density at radius 2 is 2.16 bits per heavy atom. The van der Waals surface area contributed by atoms with Gasteiger partial charge in [0, 0.05) is 35.1 Å². The molecule has 1 N–H and O–H groups in total. The van der Waals surface area contributed by atoms with Crippen molar-refractivity contribution in [2.75, 3.05) is 18.5 Å². The molecule has 1 aliphatic rings. The molecule has 4 rings (SSSR count). The number of aromatic nitrogens is 2. The minimum Gasteiger partial charge on any atom is -0.472 e. The van der Waals surface area contributed by atoms with E-state index in [9.17, 15) is 0 Å². The van der Waals surface area contributed by atoms with Gasteiger partial charge in [0.1, 0.15) is 11.9 Å². The number of hydrogen-bond donors (Lipinski definition) is 1. The van der Waals surface area contributed by atoms with Gasteiger partial charge in [-0.3, -0.25) is 0 Å². The van der Waals surface area contributed by atoms with Crippen LogP contribution in [0.3, 0.4) is 0 Å². The lowest BCUT2D eigenvalue weighted by Gasteiger charge is -2.12. The SMILES string of the molecule is Brc1ccc2nc(NCc3ccnc(OC4CCOC4)c3)ccc2c1. The average molecular weight is 400 g/mol. The molecular formula is C19H18BrN3O2. The molecule has 0 amide bonds. The van der Waals surface area contributed by atoms with Crippen LogP contribution in [0.2, 0.25) is 0 Å². The first-order valence-electron chi connectivity index (χ1n) is 8.26. The second-order valence-corrected chi connectivity index (χ2v) is 6.91. The van der Waals surface area contributed by atoms with Crippen LogP contribution in [0, 0.1) is 0 Å². The maximum absolute atomic E-state index is 5.85. The summed E-state index contributed by atoms with van der Waals surface area (Å²) in [6.07, 6.45) is 2.80. The number of nitrogens with one attached hydrogen (secondary N) is 1. The predicted octanol–water partition coefficient (Wildman–Crippen LogP) is 4.17. The zero-order valence-electron chi connectivity index (χ0n) is 13.6. The third-order valence-electron chi connectivity index (χ3n) is 4.10. The fourth-order valence-corrected chi connectivity index (χ4v) is 3.17. The van der Waals surface area contributed by atoms with E-state index >= 15 is 0 Å². The molecule has 1 aromatic carbocycles. The summed E-state index contributed by atoms with van der Waals surface area (Å²) in [5.41, 5.74) is 2.06. The van der Waals surface area contributed by atoms with Gasteiger partial charge in [0.25, 0.3) is 0 Å². The Balaban J connectivity index is 1.43. The average Bonchev–Trinajstić information content (AvgIpc) is 3.13. The topological polar surface area (TPSA) is 56.3 Å². The summed E-state index contributed by atoms with van der Waals surface area (Å²) in [4.78, 5) is 8.92. The van der Waals surface area contributed by atoms with Gasteiger partial charge < -0.3 is 14.8 Å². The van der Waals surface area contributed by atoms with Crippen molar-refractivity contribution in [2.45, 2.75) is 19.1 Å². The van der Waals surface area contributed by atoms with Crippen molar-refractivity contribution in [1.29, 1.82) is 0 Å². The number of hydrogen-bond acceptors (Lipinski definition) is 5. The Bertz CT molecular complexity index is 881. The first kappa shape index (κ1) is 16.3. The number of ether oxygens (including phenoxy) is 2. The lowest BCUT2D eigenvalue weighted by Crippen LogP contribution is -2.16. The standard InChI is InChI=1S/C19H18BrN3O2/c20-15-2-3-17-14(10-15)1-4-18(23-17)22-11-13-5-7-21-19(9-13)25-16-6-8-24-12-16/h1-5,7,9-10,16H,6,8,11-12H2,(H,22,23). The van der Waals surface area contributed by atoms with Crippen LogP contribution in [-0.4, -0.2) is 29.3 Å². The molecule has 1 fully saturated rings. The van der Waals surface area contributed by atoms with Crippen LogP contribution < -0.4 is 10.1 Å². The van der Waals surface area contributed by atoms with E-state index in [1.807, 2.05) is 30.3 Å². The number of anilines is 1. The lowest BCUT2D eigenvalue weighted by molar-refractivity contribution is 0.138. The Labute approximate surface area is 154 Å². The predicted molar refractivity (Wildman–Crippen MR) is 101 cm³/mol. The summed E-state index contributed by atoms with van der Waals surface area (Å²) in [7, 11) is 0. The molecule has 1 saturated heterocycles. The maximum Gasteiger partial charge on any atom is 0.213 e. The summed E-state index contributed by atoms with van der Waals surface area (Å²) in [5.74, 6) is 1.49. The van der Waals surface area contributed by atoms with E-state index < -0.39 is 0 Å². The molecule has 1 atom stereocenters. The van der Waals surface area contributed by atoms with Crippen molar-refractivity contribution in [3.05, 3.63) is 58.7 Å². The number of fused-ring (bicyclic) bond motifs is 1. The summed E-state index contributed by atoms with van der Waals surface area (Å²) in [6.45, 7) is 2.06. The highest BCUT2D eigenvalue weighted by molar-refractivity contribution is 9.10. The molecule has 1 aliphatic heterocycles. The Hall–Kier alpha value is -2.18. The molecule has 2 aromatic heterocycles. The fraction of sp³-hybridized carbons (Fsp3) is 0.263. The zero-order valence-corrected chi connectivity index (χ0v) is 15.2. The molecule has 0 spiro atoms. The van der Waals surface area contributed by atoms with Gasteiger partial charge in [-0.15, -0.1) is 0 Å². The molecule has 0 radical (unpaired) electrons. The molecule has 1 unspecified atom stereocenters. The Morgan fingerprint density at radius 3 is 3.04 bits per heavy atom. The lowest BCUT2D eigenvalue weighted by atomic mass is 10.2. The van der Waals surface area contributed by atoms with Crippen LogP contribution in [0.25, 0.3) is 10.9 Å². The number of halogens is 1. The summed E-state index contributed by atoms with van der Waals surface area (Å²) in [5, 5.41) is 4.47. The van der Waals surface area contributed by atoms with Crippen LogP contribution in [0.5, 0.6) is 5.88 Å². The van der Waals surface area contributed by atoms with Crippen LogP contribution >= 0.6 is 15.9 Å². The second-order valence-electron chi connectivity index (χ2n) is 5.99. The smallest absolute Gasteiger partial charge is 0.213 e. The van der Waals surface area contributed by atoms with Gasteiger partial charge >= 0.3 is 0 Å². The number of rotatable bonds is 5. The minimum atomic E-state index is 0.109. The maximum atomic E-state index is 5.85. The largest absolute Gasteiger partial charge is 0.472 e. The van der Waals surface area contributed by atoms with Gasteiger partial charge in [-0.05, 0) is 42.0 Å². The first-order chi connectivity index (χ1) is 12.3. The molecule has 0 saturated carbocycles. The molecule has 128 valence electrons. The highest BCUT2D eigenvalue weighted by Crippen LogP contribution is 2.21. The van der Waals surface area contributed by atoms with Crippen molar-refractivity contribution < 1.29 is 9.47 Å². The second kappa shape index (κ2) is 7.37. The molecule has 0 bridgehead atoms. The summed E-state index contributed by atoms with van der Waals surface area (Å²) >= 11 is 3.48. The van der Waals surface area contributed by atoms with Gasteiger partial charge in [0.05, 0.1) is 18.7 Å². The minimum absolute atomic E-state index is 0.109. The van der Waals surface area contributed by atoms with Gasteiger partial charge in [0.15, 0.2) is 0 Å². The van der Waals surface area contributed by atoms with E-state index in [-0.39, 0.29) is 6.10 Å². The van der Waals surface area contributed by atoms with Crippen molar-refractivity contribution in [1.82, 2.24) is 9.97 Å². The number of benzene rings is 1. The van der Waals surface area contributed by atoms with Crippen molar-refractivity contribution in [3.8, 4) is 5.88 Å². The van der Waals surface area contributed by atoms with Crippen molar-refractivity contribution in [3.63, 3.8) is 0 Å². The van der Waals surface area contributed by atoms with Crippen LogP contribution in [0.4, 0.5) is 5.82 Å². The highest BCUT2D eigenvalue weighted by atomic mass is 79.9. The quantitative estimate of drug-likeness (QED) is 0.697. The van der Waals surface area contributed by atoms with Crippen molar-refractivity contribution in [2.24, 2.45) is 0 Å². The van der Waals surface area contributed by atoms with E-state index in [0.29, 0.717) is 19.0 Å². The Kier molecular flexibility index (Phi) is 4.81. The van der Waals surface area contributed by atoms with Gasteiger partial charge in [0.2, 0.25) is 5.88 Å². The highest BCUT2D eigenvalue weighted by Gasteiger charge is 2.17. The summed E-state index contributed by atoms with van der Waals surface area (Å²) in [6, 6.07) is 14.1. The van der Waals surface area contributed by atoms with Crippen LogP contribution in [-0.2, 0) is 11.3 Å². The first-order valence-corrected chi connectivity index (χ1v) is 9.05. The molecule has 0 aliphatic carbocycles. The van der Waals surface area contributed by atoms with Crippen LogP contribution in [0.1, 0.15) is 12.0 Å². The fourth-order valence-electron chi connectivity index (χ4n) is 2.79. The van der Waals surface area contributed by atoms with Crippen LogP contribution in [0.15, 0.2) is 53.1 Å². The molecule has 3 aromatic rings. The number of nitrogens with zero attached hydrogens (tertiary/aromatic N) is 2. The van der Waals surface area contributed by atoms with E-state index in [1.165, 1.54) is 0 Å². The molecule has 6 heteroatoms. The number of pyridine rings is 2. The Morgan fingerprint density at radius 1 is 1.20 bits per heavy atom. The third kappa shape index (κ3) is 4.08. The third-order valence-corrected chi connectivity index (χ3v) is 4.59. The zero-order chi connectivity index (χ0) is 17.1. The molecular weight excluding hydrogens is 382 g/mol. The van der Waals surface area contributed by atoms with Gasteiger partial charge in [-0.25, -0.2) is 9.97 Å². The van der Waals surface area contributed by atoms with Gasteiger partial charge in [-0.1, -0.05) is 15.9 Å². The molecule has 25 heavy (non-hydrogen) atoms.